The van der Waals surface area contributed by atoms with Gasteiger partial charge in [-0.1, -0.05) is 0 Å². The van der Waals surface area contributed by atoms with E-state index in [-0.39, 0.29) is 0 Å². The second kappa shape index (κ2) is 3.90. The summed E-state index contributed by atoms with van der Waals surface area (Å²) in [6, 6.07) is 4.65. The van der Waals surface area contributed by atoms with E-state index in [0.717, 1.165) is 18.8 Å². The number of hydrogen-bond donors (Lipinski definition) is 1. The van der Waals surface area contributed by atoms with Crippen molar-refractivity contribution in [2.24, 2.45) is 5.41 Å². The van der Waals surface area contributed by atoms with Gasteiger partial charge in [-0.2, -0.15) is 0 Å². The topological polar surface area (TPSA) is 28.4 Å². The molecule has 0 aromatic carbocycles. The zero-order chi connectivity index (χ0) is 11.0. The summed E-state index contributed by atoms with van der Waals surface area (Å²) in [6.07, 6.45) is 4.55. The van der Waals surface area contributed by atoms with E-state index in [1.54, 1.807) is 6.26 Å². The zero-order valence-corrected chi connectivity index (χ0v) is 9.91. The van der Waals surface area contributed by atoms with Crippen LogP contribution in [0.1, 0.15) is 25.5 Å². The molecule has 1 atom stereocenters. The van der Waals surface area contributed by atoms with Gasteiger partial charge in [0.05, 0.1) is 12.8 Å². The van der Waals surface area contributed by atoms with E-state index in [1.165, 1.54) is 25.9 Å². The molecule has 3 rings (SSSR count). The van der Waals surface area contributed by atoms with Crippen LogP contribution in [0.4, 0.5) is 0 Å². The molecule has 1 saturated carbocycles. The maximum absolute atomic E-state index is 5.45. The Morgan fingerprint density at radius 2 is 2.44 bits per heavy atom. The van der Waals surface area contributed by atoms with Crippen molar-refractivity contribution in [3.63, 3.8) is 0 Å². The first-order chi connectivity index (χ1) is 7.77. The quantitative estimate of drug-likeness (QED) is 0.824. The first kappa shape index (κ1) is 10.4. The SMILES string of the molecule is CC1CNCC2(CC2)CN1Cc1ccco1. The van der Waals surface area contributed by atoms with E-state index in [2.05, 4.69) is 23.2 Å². The highest BCUT2D eigenvalue weighted by Gasteiger charge is 2.45. The van der Waals surface area contributed by atoms with Crippen LogP contribution in [0.2, 0.25) is 0 Å². The van der Waals surface area contributed by atoms with Crippen LogP contribution in [0.3, 0.4) is 0 Å². The molecular weight excluding hydrogens is 200 g/mol. The van der Waals surface area contributed by atoms with Gasteiger partial charge in [-0.05, 0) is 37.3 Å². The van der Waals surface area contributed by atoms with Crippen LogP contribution in [-0.4, -0.2) is 30.6 Å². The zero-order valence-electron chi connectivity index (χ0n) is 9.91. The molecule has 3 nitrogen and oxygen atoms in total. The van der Waals surface area contributed by atoms with Crippen molar-refractivity contribution in [2.45, 2.75) is 32.4 Å². The standard InChI is InChI=1S/C13H20N2O/c1-11-7-14-9-13(4-5-13)10-15(11)8-12-3-2-6-16-12/h2-3,6,11,14H,4-5,7-10H2,1H3. The number of nitrogens with zero attached hydrogens (tertiary/aromatic N) is 1. The molecule has 88 valence electrons. The summed E-state index contributed by atoms with van der Waals surface area (Å²) in [5.41, 5.74) is 0.581. The van der Waals surface area contributed by atoms with Crippen molar-refractivity contribution in [1.82, 2.24) is 10.2 Å². The summed E-state index contributed by atoms with van der Waals surface area (Å²) in [4.78, 5) is 2.56. The van der Waals surface area contributed by atoms with Gasteiger partial charge in [0.15, 0.2) is 0 Å². The molecule has 0 amide bonds. The summed E-state index contributed by atoms with van der Waals surface area (Å²) < 4.78 is 5.45. The van der Waals surface area contributed by atoms with E-state index in [1.807, 2.05) is 6.07 Å². The van der Waals surface area contributed by atoms with Gasteiger partial charge in [0.2, 0.25) is 0 Å². The van der Waals surface area contributed by atoms with Gasteiger partial charge < -0.3 is 9.73 Å². The lowest BCUT2D eigenvalue weighted by atomic mass is 10.1. The Morgan fingerprint density at radius 1 is 1.56 bits per heavy atom. The molecule has 1 aromatic heterocycles. The van der Waals surface area contributed by atoms with Crippen LogP contribution >= 0.6 is 0 Å². The summed E-state index contributed by atoms with van der Waals surface area (Å²) in [5, 5.41) is 3.59. The fourth-order valence-corrected chi connectivity index (χ4v) is 2.64. The Balaban J connectivity index is 1.70. The fourth-order valence-electron chi connectivity index (χ4n) is 2.64. The number of hydrogen-bond acceptors (Lipinski definition) is 3. The van der Waals surface area contributed by atoms with E-state index in [4.69, 9.17) is 4.42 Å². The van der Waals surface area contributed by atoms with E-state index in [9.17, 15) is 0 Å². The molecule has 1 aromatic rings. The highest BCUT2D eigenvalue weighted by Crippen LogP contribution is 2.46. The summed E-state index contributed by atoms with van der Waals surface area (Å²) in [5.74, 6) is 1.09. The number of furan rings is 1. The Hall–Kier alpha value is -0.800. The molecule has 16 heavy (non-hydrogen) atoms. The van der Waals surface area contributed by atoms with E-state index >= 15 is 0 Å². The molecule has 1 aliphatic carbocycles. The minimum absolute atomic E-state index is 0.581. The predicted octanol–water partition coefficient (Wildman–Crippen LogP) is 1.85. The van der Waals surface area contributed by atoms with Crippen molar-refractivity contribution >= 4 is 0 Å². The van der Waals surface area contributed by atoms with Gasteiger partial charge in [0, 0.05) is 25.7 Å². The molecule has 1 aliphatic heterocycles. The first-order valence-electron chi connectivity index (χ1n) is 6.25. The second-order valence-electron chi connectivity index (χ2n) is 5.46. The normalized spacial score (nSPS) is 29.2. The van der Waals surface area contributed by atoms with E-state index in [0.29, 0.717) is 11.5 Å². The average Bonchev–Trinajstić information content (AvgIpc) is 2.87. The summed E-state index contributed by atoms with van der Waals surface area (Å²) in [7, 11) is 0. The second-order valence-corrected chi connectivity index (χ2v) is 5.46. The minimum Gasteiger partial charge on any atom is -0.468 e. The third-order valence-electron chi connectivity index (χ3n) is 4.00. The molecule has 1 N–H and O–H groups in total. The average molecular weight is 220 g/mol. The maximum Gasteiger partial charge on any atom is 0.117 e. The molecule has 0 bridgehead atoms. The van der Waals surface area contributed by atoms with Crippen molar-refractivity contribution < 1.29 is 4.42 Å². The number of nitrogens with one attached hydrogen (secondary N) is 1. The van der Waals surface area contributed by atoms with Crippen molar-refractivity contribution in [2.75, 3.05) is 19.6 Å². The highest BCUT2D eigenvalue weighted by molar-refractivity contribution is 5.03. The Bertz CT molecular complexity index is 343. The van der Waals surface area contributed by atoms with Crippen LogP contribution < -0.4 is 5.32 Å². The minimum atomic E-state index is 0.581. The lowest BCUT2D eigenvalue weighted by molar-refractivity contribution is 0.171. The molecule has 3 heteroatoms. The molecule has 1 spiro atoms. The largest absolute Gasteiger partial charge is 0.468 e. The Labute approximate surface area is 96.8 Å². The van der Waals surface area contributed by atoms with Crippen LogP contribution in [0.15, 0.2) is 22.8 Å². The third kappa shape index (κ3) is 2.02. The lowest BCUT2D eigenvalue weighted by Crippen LogP contribution is -2.37. The van der Waals surface area contributed by atoms with Crippen molar-refractivity contribution in [3.05, 3.63) is 24.2 Å². The van der Waals surface area contributed by atoms with Gasteiger partial charge in [-0.15, -0.1) is 0 Å². The molecule has 1 unspecified atom stereocenters. The van der Waals surface area contributed by atoms with Gasteiger partial charge >= 0.3 is 0 Å². The molecule has 2 aliphatic rings. The highest BCUT2D eigenvalue weighted by atomic mass is 16.3. The van der Waals surface area contributed by atoms with Crippen LogP contribution in [-0.2, 0) is 6.54 Å². The lowest BCUT2D eigenvalue weighted by Gasteiger charge is -2.27. The van der Waals surface area contributed by atoms with Crippen molar-refractivity contribution in [3.8, 4) is 0 Å². The maximum atomic E-state index is 5.45. The van der Waals surface area contributed by atoms with Crippen molar-refractivity contribution in [1.29, 1.82) is 0 Å². The number of rotatable bonds is 2. The summed E-state index contributed by atoms with van der Waals surface area (Å²) >= 11 is 0. The predicted molar refractivity (Wildman–Crippen MR) is 63.1 cm³/mol. The first-order valence-corrected chi connectivity index (χ1v) is 6.25. The molecule has 0 radical (unpaired) electrons. The molecule has 2 fully saturated rings. The molecular formula is C13H20N2O. The monoisotopic (exact) mass is 220 g/mol. The van der Waals surface area contributed by atoms with Gasteiger partial charge in [0.25, 0.3) is 0 Å². The van der Waals surface area contributed by atoms with Crippen LogP contribution in [0, 0.1) is 5.41 Å². The molecule has 1 saturated heterocycles. The summed E-state index contributed by atoms with van der Waals surface area (Å²) in [6.45, 7) is 6.78. The third-order valence-corrected chi connectivity index (χ3v) is 4.00. The van der Waals surface area contributed by atoms with Gasteiger partial charge in [0.1, 0.15) is 5.76 Å². The van der Waals surface area contributed by atoms with Gasteiger partial charge in [-0.3, -0.25) is 4.90 Å². The molecule has 2 heterocycles. The van der Waals surface area contributed by atoms with Gasteiger partial charge in [-0.25, -0.2) is 0 Å². The smallest absolute Gasteiger partial charge is 0.117 e. The Morgan fingerprint density at radius 3 is 3.12 bits per heavy atom. The van der Waals surface area contributed by atoms with E-state index < -0.39 is 0 Å². The van der Waals surface area contributed by atoms with Crippen LogP contribution in [0.25, 0.3) is 0 Å². The van der Waals surface area contributed by atoms with Crippen LogP contribution in [0.5, 0.6) is 0 Å². The Kier molecular flexibility index (Phi) is 2.52. The fraction of sp³-hybridized carbons (Fsp3) is 0.692.